The van der Waals surface area contributed by atoms with E-state index in [1.807, 2.05) is 53.4 Å². The average molecular weight is 470 g/mol. The first kappa shape index (κ1) is 22.7. The number of nitro benzene ring substituents is 1. The van der Waals surface area contributed by atoms with Gasteiger partial charge in [-0.1, -0.05) is 37.3 Å². The van der Waals surface area contributed by atoms with E-state index < -0.39 is 0 Å². The van der Waals surface area contributed by atoms with Crippen molar-refractivity contribution in [2.75, 3.05) is 42.6 Å². The van der Waals surface area contributed by atoms with Gasteiger partial charge in [0, 0.05) is 49.6 Å². The van der Waals surface area contributed by atoms with Gasteiger partial charge in [0.15, 0.2) is 0 Å². The van der Waals surface area contributed by atoms with Crippen LogP contribution in [0.15, 0.2) is 77.8 Å². The molecule has 0 N–H and O–H groups in total. The van der Waals surface area contributed by atoms with Gasteiger partial charge >= 0.3 is 0 Å². The molecule has 0 radical (unpaired) electrons. The van der Waals surface area contributed by atoms with E-state index in [9.17, 15) is 14.9 Å². The Morgan fingerprint density at radius 3 is 2.26 bits per heavy atom. The number of aliphatic imine (C=N–C) groups is 1. The molecule has 0 spiro atoms. The van der Waals surface area contributed by atoms with E-state index in [1.54, 1.807) is 12.1 Å². The molecule has 0 aromatic heterocycles. The standard InChI is InChI=1S/C27H27N5O3/c1-2-20-7-9-21(10-8-20)28-26-24-5-3-4-6-25(24)31(27(26)33)19-29-15-17-30(18-16-29)22-11-13-23(14-12-22)32(34)35/h3-14H,2,15-19H2,1H3. The van der Waals surface area contributed by atoms with Crippen LogP contribution in [-0.2, 0) is 11.2 Å². The van der Waals surface area contributed by atoms with Gasteiger partial charge in [-0.05, 0) is 42.3 Å². The molecule has 5 rings (SSSR count). The number of rotatable bonds is 6. The zero-order valence-corrected chi connectivity index (χ0v) is 19.6. The van der Waals surface area contributed by atoms with Crippen LogP contribution in [0, 0.1) is 10.1 Å². The van der Waals surface area contributed by atoms with Gasteiger partial charge in [-0.3, -0.25) is 24.7 Å². The van der Waals surface area contributed by atoms with Crippen LogP contribution in [0.1, 0.15) is 18.1 Å². The van der Waals surface area contributed by atoms with Crippen molar-refractivity contribution in [1.29, 1.82) is 0 Å². The molecule has 1 saturated heterocycles. The van der Waals surface area contributed by atoms with Gasteiger partial charge in [-0.2, -0.15) is 0 Å². The summed E-state index contributed by atoms with van der Waals surface area (Å²) in [5, 5.41) is 10.9. The Morgan fingerprint density at radius 2 is 1.60 bits per heavy atom. The lowest BCUT2D eigenvalue weighted by molar-refractivity contribution is -0.384. The van der Waals surface area contributed by atoms with Gasteiger partial charge in [0.05, 0.1) is 23.0 Å². The minimum absolute atomic E-state index is 0.0800. The van der Waals surface area contributed by atoms with E-state index in [0.717, 1.165) is 55.2 Å². The van der Waals surface area contributed by atoms with Crippen LogP contribution in [0.4, 0.5) is 22.7 Å². The molecule has 1 amide bonds. The quantitative estimate of drug-likeness (QED) is 0.395. The van der Waals surface area contributed by atoms with Crippen molar-refractivity contribution in [2.45, 2.75) is 13.3 Å². The lowest BCUT2D eigenvalue weighted by Crippen LogP contribution is -2.51. The first-order valence-electron chi connectivity index (χ1n) is 11.8. The number of carbonyl (C=O) groups excluding carboxylic acids is 1. The van der Waals surface area contributed by atoms with Crippen LogP contribution in [0.25, 0.3) is 0 Å². The molecule has 178 valence electrons. The van der Waals surface area contributed by atoms with E-state index >= 15 is 0 Å². The second-order valence-corrected chi connectivity index (χ2v) is 8.75. The fraction of sp³-hybridized carbons (Fsp3) is 0.259. The molecule has 0 unspecified atom stereocenters. The maximum absolute atomic E-state index is 13.4. The number of nitro groups is 1. The van der Waals surface area contributed by atoms with Crippen LogP contribution in [0.2, 0.25) is 0 Å². The highest BCUT2D eigenvalue weighted by Gasteiger charge is 2.35. The normalized spacial score (nSPS) is 17.2. The number of non-ortho nitro benzene ring substituents is 1. The topological polar surface area (TPSA) is 82.3 Å². The molecule has 2 heterocycles. The second kappa shape index (κ2) is 9.68. The zero-order chi connectivity index (χ0) is 24.4. The Hall–Kier alpha value is -4.04. The molecule has 35 heavy (non-hydrogen) atoms. The molecule has 0 saturated carbocycles. The van der Waals surface area contributed by atoms with Crippen molar-refractivity contribution in [3.05, 3.63) is 94.0 Å². The number of nitrogens with zero attached hydrogens (tertiary/aromatic N) is 5. The van der Waals surface area contributed by atoms with Gasteiger partial charge < -0.3 is 4.90 Å². The Labute approximate surface area is 204 Å². The number of amides is 1. The van der Waals surface area contributed by atoms with Crippen LogP contribution in [-0.4, -0.2) is 54.3 Å². The van der Waals surface area contributed by atoms with E-state index in [2.05, 4.69) is 16.7 Å². The van der Waals surface area contributed by atoms with E-state index in [0.29, 0.717) is 12.4 Å². The van der Waals surface area contributed by atoms with E-state index in [1.165, 1.54) is 17.7 Å². The fourth-order valence-electron chi connectivity index (χ4n) is 4.58. The summed E-state index contributed by atoms with van der Waals surface area (Å²) in [6.45, 7) is 5.75. The van der Waals surface area contributed by atoms with Crippen molar-refractivity contribution in [2.24, 2.45) is 4.99 Å². The average Bonchev–Trinajstić information content (AvgIpc) is 3.15. The Balaban J connectivity index is 1.28. The maximum atomic E-state index is 13.4. The lowest BCUT2D eigenvalue weighted by Gasteiger charge is -2.37. The second-order valence-electron chi connectivity index (χ2n) is 8.75. The predicted octanol–water partition coefficient (Wildman–Crippen LogP) is 4.40. The third kappa shape index (κ3) is 4.65. The highest BCUT2D eigenvalue weighted by molar-refractivity contribution is 6.54. The van der Waals surface area contributed by atoms with Crippen LogP contribution in [0.3, 0.4) is 0 Å². The lowest BCUT2D eigenvalue weighted by atomic mass is 10.1. The van der Waals surface area contributed by atoms with Crippen LogP contribution < -0.4 is 9.80 Å². The van der Waals surface area contributed by atoms with Gasteiger partial charge in [-0.25, -0.2) is 4.99 Å². The van der Waals surface area contributed by atoms with Gasteiger partial charge in [0.25, 0.3) is 11.6 Å². The SMILES string of the molecule is CCc1ccc(N=C2C(=O)N(CN3CCN(c4ccc([N+](=O)[O-])cc4)CC3)c3ccccc32)cc1. The van der Waals surface area contributed by atoms with Gasteiger partial charge in [0.2, 0.25) is 0 Å². The summed E-state index contributed by atoms with van der Waals surface area (Å²) in [7, 11) is 0. The number of piperazine rings is 1. The molecule has 8 nitrogen and oxygen atoms in total. The summed E-state index contributed by atoms with van der Waals surface area (Å²) in [5.41, 5.74) is 5.31. The summed E-state index contributed by atoms with van der Waals surface area (Å²) in [6.07, 6.45) is 0.962. The van der Waals surface area contributed by atoms with Crippen molar-refractivity contribution in [1.82, 2.24) is 4.90 Å². The molecular weight excluding hydrogens is 442 g/mol. The predicted molar refractivity (Wildman–Crippen MR) is 138 cm³/mol. The van der Waals surface area contributed by atoms with Crippen LogP contribution >= 0.6 is 0 Å². The first-order valence-corrected chi connectivity index (χ1v) is 11.8. The summed E-state index contributed by atoms with van der Waals surface area (Å²) in [4.78, 5) is 35.0. The molecule has 8 heteroatoms. The van der Waals surface area contributed by atoms with Gasteiger partial charge in [0.1, 0.15) is 5.71 Å². The summed E-state index contributed by atoms with van der Waals surface area (Å²) in [6, 6.07) is 22.5. The Bertz CT molecular complexity index is 1260. The molecular formula is C27H27N5O3. The molecule has 1 fully saturated rings. The molecule has 3 aromatic carbocycles. The Morgan fingerprint density at radius 1 is 0.914 bits per heavy atom. The number of carbonyl (C=O) groups is 1. The monoisotopic (exact) mass is 469 g/mol. The van der Waals surface area contributed by atoms with Crippen molar-refractivity contribution >= 4 is 34.4 Å². The molecule has 0 atom stereocenters. The van der Waals surface area contributed by atoms with Crippen LogP contribution in [0.5, 0.6) is 0 Å². The fourth-order valence-corrected chi connectivity index (χ4v) is 4.58. The number of anilines is 2. The third-order valence-electron chi connectivity index (χ3n) is 6.62. The summed E-state index contributed by atoms with van der Waals surface area (Å²) >= 11 is 0. The summed E-state index contributed by atoms with van der Waals surface area (Å²) < 4.78 is 0. The van der Waals surface area contributed by atoms with Crippen molar-refractivity contribution < 1.29 is 9.72 Å². The number of hydrogen-bond acceptors (Lipinski definition) is 6. The third-order valence-corrected chi connectivity index (χ3v) is 6.62. The van der Waals surface area contributed by atoms with E-state index in [4.69, 9.17) is 4.99 Å². The molecule has 0 aliphatic carbocycles. The minimum atomic E-state index is -0.385. The zero-order valence-electron chi connectivity index (χ0n) is 19.6. The number of aryl methyl sites for hydroxylation is 1. The van der Waals surface area contributed by atoms with E-state index in [-0.39, 0.29) is 16.5 Å². The minimum Gasteiger partial charge on any atom is -0.369 e. The van der Waals surface area contributed by atoms with Crippen molar-refractivity contribution in [3.63, 3.8) is 0 Å². The highest BCUT2D eigenvalue weighted by atomic mass is 16.6. The molecule has 0 bridgehead atoms. The summed E-state index contributed by atoms with van der Waals surface area (Å²) in [5.74, 6) is -0.0800. The van der Waals surface area contributed by atoms with Gasteiger partial charge in [-0.15, -0.1) is 0 Å². The Kier molecular flexibility index (Phi) is 6.29. The first-order chi connectivity index (χ1) is 17.0. The molecule has 3 aromatic rings. The maximum Gasteiger partial charge on any atom is 0.278 e. The number of para-hydroxylation sites is 1. The largest absolute Gasteiger partial charge is 0.369 e. The number of fused-ring (bicyclic) bond motifs is 1. The smallest absolute Gasteiger partial charge is 0.278 e. The molecule has 2 aliphatic heterocycles. The molecule has 2 aliphatic rings. The number of benzene rings is 3. The highest BCUT2D eigenvalue weighted by Crippen LogP contribution is 2.31. The van der Waals surface area contributed by atoms with Crippen molar-refractivity contribution in [3.8, 4) is 0 Å². The number of hydrogen-bond donors (Lipinski definition) is 0.